The number of rotatable bonds is 32. The van der Waals surface area contributed by atoms with Gasteiger partial charge in [-0.3, -0.25) is 14.1 Å². The van der Waals surface area contributed by atoms with Crippen molar-refractivity contribution in [3.05, 3.63) is 72.9 Å². The van der Waals surface area contributed by atoms with Crippen molar-refractivity contribution in [1.29, 1.82) is 0 Å². The van der Waals surface area contributed by atoms with Crippen LogP contribution in [-0.2, 0) is 38.7 Å². The first-order valence-corrected chi connectivity index (χ1v) is 22.1. The van der Waals surface area contributed by atoms with E-state index in [1.807, 2.05) is 12.2 Å². The maximum Gasteiger partial charge on any atom is 0.306 e. The smallest absolute Gasteiger partial charge is 0.306 e. The van der Waals surface area contributed by atoms with E-state index in [9.17, 15) is 37.9 Å². The molecule has 2 unspecified atom stereocenters. The minimum absolute atomic E-state index is 0.0805. The number of hydrogen-bond acceptors (Lipinski definition) is 11. The van der Waals surface area contributed by atoms with Crippen molar-refractivity contribution in [2.24, 2.45) is 0 Å². The molecule has 1 aliphatic heterocycles. The van der Waals surface area contributed by atoms with Crippen LogP contribution in [0.25, 0.3) is 0 Å². The lowest BCUT2D eigenvalue weighted by atomic mass is 10.00. The summed E-state index contributed by atoms with van der Waals surface area (Å²) in [5.41, 5.74) is 0. The van der Waals surface area contributed by atoms with Gasteiger partial charge in [0.1, 0.15) is 36.8 Å². The third kappa shape index (κ3) is 27.6. The highest BCUT2D eigenvalue weighted by Gasteiger charge is 2.46. The van der Waals surface area contributed by atoms with E-state index < -0.39 is 71.2 Å². The lowest BCUT2D eigenvalue weighted by Crippen LogP contribution is -2.60. The van der Waals surface area contributed by atoms with Gasteiger partial charge >= 0.3 is 11.9 Å². The lowest BCUT2D eigenvalue weighted by Gasteiger charge is -2.40. The number of aliphatic hydroxyl groups excluding tert-OH is 3. The van der Waals surface area contributed by atoms with Crippen LogP contribution in [0.3, 0.4) is 0 Å². The number of esters is 2. The highest BCUT2D eigenvalue weighted by Crippen LogP contribution is 2.24. The van der Waals surface area contributed by atoms with Crippen molar-refractivity contribution in [3.8, 4) is 0 Å². The molecule has 0 aromatic carbocycles. The van der Waals surface area contributed by atoms with E-state index in [-0.39, 0.29) is 19.4 Å². The highest BCUT2D eigenvalue weighted by atomic mass is 32.2. The van der Waals surface area contributed by atoms with Crippen LogP contribution < -0.4 is 0 Å². The molecule has 13 heteroatoms. The lowest BCUT2D eigenvalue weighted by molar-refractivity contribution is -0.297. The summed E-state index contributed by atoms with van der Waals surface area (Å²) in [5.74, 6) is -2.09. The van der Waals surface area contributed by atoms with E-state index in [0.29, 0.717) is 19.3 Å². The average molecular weight is 811 g/mol. The molecule has 0 radical (unpaired) electrons. The zero-order valence-electron chi connectivity index (χ0n) is 33.7. The van der Waals surface area contributed by atoms with Crippen molar-refractivity contribution >= 4 is 22.1 Å². The number of unbranched alkanes of at least 4 members (excludes halogenated alkanes) is 8. The molecule has 0 spiro atoms. The first-order chi connectivity index (χ1) is 27.0. The monoisotopic (exact) mass is 810 g/mol. The molecule has 1 aliphatic rings. The van der Waals surface area contributed by atoms with Crippen molar-refractivity contribution < 1.29 is 56.8 Å². The Kier molecular flexibility index (Phi) is 30.2. The van der Waals surface area contributed by atoms with Gasteiger partial charge < -0.3 is 34.3 Å². The standard InChI is InChI=1S/C43H70O12S/c1-3-5-7-9-11-13-15-16-17-18-19-20-22-24-26-28-30-32-39(45)54-36(33-52-38(44)31-29-27-25-23-21-14-12-10-8-6-4-2)34-53-43-42(48)41(47)40(46)37(55-43)35-56(49,50)51/h5,7,10-13,16-17,19-20,24,26,36-37,40-43,46-48H,3-4,6,8-9,14-15,18,21-23,25,27-35H2,1-2H3,(H,49,50,51)/b7-5+,12-10+,13-11+,17-16+,20-19+,26-24+/t36-,37-,40-,41?,42?,43+/m1/s1. The minimum Gasteiger partial charge on any atom is -0.462 e. The van der Waals surface area contributed by atoms with Crippen LogP contribution >= 0.6 is 0 Å². The van der Waals surface area contributed by atoms with Crippen LogP contribution in [-0.4, -0.2) is 96.0 Å². The summed E-state index contributed by atoms with van der Waals surface area (Å²) in [7, 11) is -4.61. The Balaban J connectivity index is 2.56. The van der Waals surface area contributed by atoms with Crippen molar-refractivity contribution in [2.75, 3.05) is 19.0 Å². The van der Waals surface area contributed by atoms with E-state index in [1.54, 1.807) is 0 Å². The van der Waals surface area contributed by atoms with Crippen LogP contribution in [0.5, 0.6) is 0 Å². The van der Waals surface area contributed by atoms with Crippen molar-refractivity contribution in [2.45, 2.75) is 166 Å². The van der Waals surface area contributed by atoms with Gasteiger partial charge in [0, 0.05) is 12.8 Å². The van der Waals surface area contributed by atoms with Gasteiger partial charge in [0.15, 0.2) is 12.4 Å². The Bertz CT molecular complexity index is 1320. The Morgan fingerprint density at radius 3 is 1.75 bits per heavy atom. The van der Waals surface area contributed by atoms with Crippen molar-refractivity contribution in [3.63, 3.8) is 0 Å². The largest absolute Gasteiger partial charge is 0.462 e. The summed E-state index contributed by atoms with van der Waals surface area (Å²) in [6, 6.07) is 0. The molecule has 1 saturated heterocycles. The average Bonchev–Trinajstić information content (AvgIpc) is 3.16. The molecule has 0 aromatic rings. The number of carbonyl (C=O) groups excluding carboxylic acids is 2. The molecule has 320 valence electrons. The number of allylic oxidation sites excluding steroid dienone is 12. The molecule has 12 nitrogen and oxygen atoms in total. The quantitative estimate of drug-likeness (QED) is 0.0227. The molecule has 1 heterocycles. The SMILES string of the molecule is CC/C=C/C/C=C/C/C=C/C/C=C/C/C=C/CCCC(=O)O[C@H](COC(=O)CCCCCCC/C=C/CCCC)CO[C@H]1O[C@H](CS(=O)(=O)O)[C@@H](O)C(O)C1O. The summed E-state index contributed by atoms with van der Waals surface area (Å²) in [5, 5.41) is 30.8. The predicted molar refractivity (Wildman–Crippen MR) is 219 cm³/mol. The van der Waals surface area contributed by atoms with Gasteiger partial charge in [0.05, 0.1) is 6.61 Å². The fraction of sp³-hybridized carbons (Fsp3) is 0.674. The summed E-state index contributed by atoms with van der Waals surface area (Å²) < 4.78 is 53.8. The maximum absolute atomic E-state index is 12.7. The minimum atomic E-state index is -4.61. The van der Waals surface area contributed by atoms with Gasteiger partial charge in [-0.15, -0.1) is 0 Å². The molecule has 0 aliphatic carbocycles. The molecular weight excluding hydrogens is 741 g/mol. The number of aliphatic hydroxyl groups is 3. The first kappa shape index (κ1) is 51.1. The van der Waals surface area contributed by atoms with E-state index in [1.165, 1.54) is 12.8 Å². The van der Waals surface area contributed by atoms with E-state index in [4.69, 9.17) is 18.9 Å². The molecule has 4 N–H and O–H groups in total. The molecular formula is C43H70O12S. The Morgan fingerprint density at radius 1 is 0.625 bits per heavy atom. The summed E-state index contributed by atoms with van der Waals surface area (Å²) in [6.45, 7) is 3.52. The Morgan fingerprint density at radius 2 is 1.14 bits per heavy atom. The van der Waals surface area contributed by atoms with Gasteiger partial charge in [0.25, 0.3) is 10.1 Å². The topological polar surface area (TPSA) is 186 Å². The predicted octanol–water partition coefficient (Wildman–Crippen LogP) is 7.55. The zero-order chi connectivity index (χ0) is 41.3. The van der Waals surface area contributed by atoms with Crippen LogP contribution in [0.1, 0.15) is 129 Å². The van der Waals surface area contributed by atoms with Gasteiger partial charge in [0.2, 0.25) is 0 Å². The molecule has 0 aromatic heterocycles. The maximum atomic E-state index is 12.7. The highest BCUT2D eigenvalue weighted by molar-refractivity contribution is 7.85. The van der Waals surface area contributed by atoms with Gasteiger partial charge in [-0.1, -0.05) is 119 Å². The van der Waals surface area contributed by atoms with E-state index >= 15 is 0 Å². The molecule has 0 saturated carbocycles. The van der Waals surface area contributed by atoms with E-state index in [0.717, 1.165) is 70.6 Å². The summed E-state index contributed by atoms with van der Waals surface area (Å²) in [6.07, 6.45) is 31.1. The zero-order valence-corrected chi connectivity index (χ0v) is 34.5. The third-order valence-electron chi connectivity index (χ3n) is 8.77. The summed E-state index contributed by atoms with van der Waals surface area (Å²) in [4.78, 5) is 25.3. The summed E-state index contributed by atoms with van der Waals surface area (Å²) >= 11 is 0. The molecule has 1 rings (SSSR count). The van der Waals surface area contributed by atoms with Crippen LogP contribution in [0.4, 0.5) is 0 Å². The number of carbonyl (C=O) groups is 2. The molecule has 0 amide bonds. The molecule has 1 fully saturated rings. The first-order valence-electron chi connectivity index (χ1n) is 20.5. The second-order valence-electron chi connectivity index (χ2n) is 13.9. The molecule has 6 atom stereocenters. The van der Waals surface area contributed by atoms with Crippen LogP contribution in [0.15, 0.2) is 72.9 Å². The van der Waals surface area contributed by atoms with E-state index in [2.05, 4.69) is 74.6 Å². The Hall–Kier alpha value is -2.91. The normalized spacial score (nSPS) is 21.4. The fourth-order valence-corrected chi connectivity index (χ4v) is 6.26. The fourth-order valence-electron chi connectivity index (χ4n) is 5.57. The second kappa shape index (κ2) is 33.1. The second-order valence-corrected chi connectivity index (χ2v) is 15.4. The van der Waals surface area contributed by atoms with Crippen molar-refractivity contribution in [1.82, 2.24) is 0 Å². The van der Waals surface area contributed by atoms with Gasteiger partial charge in [-0.25, -0.2) is 0 Å². The molecule has 56 heavy (non-hydrogen) atoms. The molecule has 0 bridgehead atoms. The van der Waals surface area contributed by atoms with Crippen LogP contribution in [0, 0.1) is 0 Å². The number of ether oxygens (including phenoxy) is 4. The number of hydrogen-bond donors (Lipinski definition) is 4. The third-order valence-corrected chi connectivity index (χ3v) is 9.52. The Labute approximate surface area is 336 Å². The van der Waals surface area contributed by atoms with Gasteiger partial charge in [-0.05, 0) is 70.6 Å². The van der Waals surface area contributed by atoms with Gasteiger partial charge in [-0.2, -0.15) is 8.42 Å². The van der Waals surface area contributed by atoms with Crippen LogP contribution in [0.2, 0.25) is 0 Å².